The second kappa shape index (κ2) is 12.5. The average Bonchev–Trinajstić information content (AvgIpc) is 3.34. The Morgan fingerprint density at radius 2 is 2.23 bits per heavy atom. The quantitative estimate of drug-likeness (QED) is 0.0571. The summed E-state index contributed by atoms with van der Waals surface area (Å²) in [6, 6.07) is -0.997. The number of aliphatic carboxylic acids is 1. The van der Waals surface area contributed by atoms with E-state index in [2.05, 4.69) is 32.9 Å². The minimum atomic E-state index is -1.26. The zero-order valence-corrected chi connectivity index (χ0v) is 23.3. The highest BCUT2D eigenvalue weighted by molar-refractivity contribution is 8.14. The van der Waals surface area contributed by atoms with E-state index in [-0.39, 0.29) is 40.4 Å². The van der Waals surface area contributed by atoms with Crippen LogP contribution in [0.25, 0.3) is 0 Å². The van der Waals surface area contributed by atoms with Gasteiger partial charge in [-0.15, -0.1) is 36.1 Å². The summed E-state index contributed by atoms with van der Waals surface area (Å²) >= 11 is 3.67. The van der Waals surface area contributed by atoms with E-state index < -0.39 is 35.4 Å². The van der Waals surface area contributed by atoms with Crippen LogP contribution in [0.3, 0.4) is 0 Å². The number of nitrogen functional groups attached to an aromatic ring is 1. The van der Waals surface area contributed by atoms with Crippen LogP contribution < -0.4 is 22.5 Å². The fourth-order valence-corrected chi connectivity index (χ4v) is 7.05. The van der Waals surface area contributed by atoms with Crippen molar-refractivity contribution in [3.05, 3.63) is 46.9 Å². The van der Waals surface area contributed by atoms with E-state index in [1.807, 2.05) is 0 Å². The van der Waals surface area contributed by atoms with E-state index in [9.17, 15) is 19.5 Å². The summed E-state index contributed by atoms with van der Waals surface area (Å²) in [6.07, 6.45) is 7.93. The average molecular weight is 604 g/mol. The Balaban J connectivity index is 1.49. The molecule has 40 heavy (non-hydrogen) atoms. The standard InChI is InChI=1S/C23H25N9O5S3/c1-3-5-31-14(25)7-13(24)28-23(31)40-9-11-8-38-20-16(19(34)32(20)17(11)21(35)36)29-18(33)15(30-37-6-4-2)12-10-39-22(26)27-12/h2-3,7,10,14,16,20H,1,5-6,8-9,24-25H2,(H2,26,27)(H,29,33)(H,35,36)/b30-15-/t14?,16?,20-/m0/s1. The van der Waals surface area contributed by atoms with Crippen molar-refractivity contribution < 1.29 is 24.3 Å². The number of fused-ring (bicyclic) bond motifs is 1. The Bertz CT molecular complexity index is 1400. The Kier molecular flexibility index (Phi) is 9.04. The summed E-state index contributed by atoms with van der Waals surface area (Å²) in [5, 5.41) is 18.0. The first-order chi connectivity index (χ1) is 19.2. The van der Waals surface area contributed by atoms with E-state index in [0.29, 0.717) is 23.0 Å². The van der Waals surface area contributed by atoms with E-state index >= 15 is 0 Å². The highest BCUT2D eigenvalue weighted by atomic mass is 32.2. The minimum absolute atomic E-state index is 0.134. The molecule has 14 nitrogen and oxygen atoms in total. The largest absolute Gasteiger partial charge is 0.477 e. The predicted molar refractivity (Wildman–Crippen MR) is 155 cm³/mol. The maximum Gasteiger partial charge on any atom is 0.352 e. The van der Waals surface area contributed by atoms with Gasteiger partial charge in [-0.3, -0.25) is 14.5 Å². The second-order valence-electron chi connectivity index (χ2n) is 8.31. The number of aromatic nitrogens is 1. The van der Waals surface area contributed by atoms with Crippen LogP contribution in [0.1, 0.15) is 5.69 Å². The van der Waals surface area contributed by atoms with Gasteiger partial charge < -0.3 is 37.4 Å². The fourth-order valence-electron chi connectivity index (χ4n) is 3.95. The number of nitrogens with two attached hydrogens (primary N) is 3. The van der Waals surface area contributed by atoms with E-state index in [0.717, 1.165) is 11.3 Å². The molecule has 210 valence electrons. The van der Waals surface area contributed by atoms with Gasteiger partial charge in [-0.05, 0) is 11.6 Å². The fraction of sp³-hybridized carbons (Fsp3) is 0.304. The van der Waals surface area contributed by atoms with E-state index in [1.54, 1.807) is 17.1 Å². The third-order valence-corrected chi connectivity index (χ3v) is 8.78. The number of terminal acetylenes is 1. The number of hydrogen-bond donors (Lipinski definition) is 5. The number of thioether (sulfide) groups is 2. The van der Waals surface area contributed by atoms with Gasteiger partial charge in [0.25, 0.3) is 11.8 Å². The number of hydrogen-bond acceptors (Lipinski definition) is 14. The lowest BCUT2D eigenvalue weighted by Gasteiger charge is -2.49. The number of nitrogens with one attached hydrogen (secondary N) is 1. The number of aliphatic imine (C=N–C) groups is 1. The Labute approximate surface area is 241 Å². The Hall–Kier alpha value is -3.98. The maximum atomic E-state index is 13.1. The minimum Gasteiger partial charge on any atom is -0.477 e. The SMILES string of the molecule is C#CCO/N=C(\C(=O)NC1C(=O)N2C(C(=O)O)=C(CSC3=NC(N)=CC(N)N3CC=C)CS[C@@H]12)c1csc(N)n1. The van der Waals surface area contributed by atoms with Crippen molar-refractivity contribution in [1.82, 2.24) is 20.1 Å². The molecule has 3 aliphatic rings. The molecule has 1 fully saturated rings. The molecule has 1 aromatic heterocycles. The molecule has 0 saturated carbocycles. The van der Waals surface area contributed by atoms with E-state index in [1.165, 1.54) is 33.8 Å². The molecule has 2 unspecified atom stereocenters. The van der Waals surface area contributed by atoms with Crippen LogP contribution in [0, 0.1) is 12.3 Å². The molecule has 0 spiro atoms. The molecular formula is C23H25N9O5S3. The molecule has 0 aromatic carbocycles. The topological polar surface area (TPSA) is 215 Å². The predicted octanol–water partition coefficient (Wildman–Crippen LogP) is -0.506. The normalized spacial score (nSPS) is 22.4. The van der Waals surface area contributed by atoms with Gasteiger partial charge in [0.15, 0.2) is 22.6 Å². The molecule has 1 saturated heterocycles. The van der Waals surface area contributed by atoms with Crippen LogP contribution in [-0.4, -0.2) is 90.8 Å². The number of β-lactam (4-membered cyclic amide) rings is 1. The van der Waals surface area contributed by atoms with Crippen molar-refractivity contribution in [2.24, 2.45) is 21.6 Å². The number of carbonyl (C=O) groups excluding carboxylic acids is 2. The number of carboxylic acid groups (broad SMARTS) is 1. The van der Waals surface area contributed by atoms with Gasteiger partial charge in [0, 0.05) is 23.4 Å². The molecule has 3 atom stereocenters. The zero-order valence-electron chi connectivity index (χ0n) is 20.9. The van der Waals surface area contributed by atoms with Crippen molar-refractivity contribution in [2.45, 2.75) is 17.6 Å². The maximum absolute atomic E-state index is 13.1. The number of amidine groups is 1. The van der Waals surface area contributed by atoms with Crippen LogP contribution in [0.2, 0.25) is 0 Å². The van der Waals surface area contributed by atoms with Gasteiger partial charge in [-0.1, -0.05) is 28.9 Å². The van der Waals surface area contributed by atoms with Gasteiger partial charge in [-0.25, -0.2) is 14.8 Å². The molecule has 17 heteroatoms. The first-order valence-corrected chi connectivity index (χ1v) is 14.4. The number of oxime groups is 1. The monoisotopic (exact) mass is 603 g/mol. The molecule has 3 aliphatic heterocycles. The lowest BCUT2D eigenvalue weighted by atomic mass is 10.0. The van der Waals surface area contributed by atoms with Crippen LogP contribution in [0.5, 0.6) is 0 Å². The Morgan fingerprint density at radius 1 is 1.45 bits per heavy atom. The smallest absolute Gasteiger partial charge is 0.352 e. The summed E-state index contributed by atoms with van der Waals surface area (Å²) < 4.78 is 0. The molecule has 4 heterocycles. The van der Waals surface area contributed by atoms with Crippen molar-refractivity contribution in [3.8, 4) is 12.3 Å². The van der Waals surface area contributed by atoms with Crippen LogP contribution >= 0.6 is 34.9 Å². The molecule has 8 N–H and O–H groups in total. The van der Waals surface area contributed by atoms with Gasteiger partial charge in [0.1, 0.15) is 34.8 Å². The van der Waals surface area contributed by atoms with Gasteiger partial charge in [0.05, 0.1) is 0 Å². The van der Waals surface area contributed by atoms with Crippen LogP contribution in [-0.2, 0) is 19.2 Å². The summed E-state index contributed by atoms with van der Waals surface area (Å²) in [5.41, 5.74) is 18.0. The van der Waals surface area contributed by atoms with Crippen molar-refractivity contribution in [2.75, 3.05) is 30.4 Å². The summed E-state index contributed by atoms with van der Waals surface area (Å²) in [6.45, 7) is 3.95. The summed E-state index contributed by atoms with van der Waals surface area (Å²) in [4.78, 5) is 54.7. The lowest BCUT2D eigenvalue weighted by molar-refractivity contribution is -0.150. The first kappa shape index (κ1) is 29.0. The number of carboxylic acids is 1. The molecule has 0 aliphatic carbocycles. The van der Waals surface area contributed by atoms with Crippen LogP contribution in [0.15, 0.2) is 51.4 Å². The highest BCUT2D eigenvalue weighted by Gasteiger charge is 2.54. The third kappa shape index (κ3) is 5.94. The number of thiazole rings is 1. The van der Waals surface area contributed by atoms with Crippen LogP contribution in [0.4, 0.5) is 5.13 Å². The highest BCUT2D eigenvalue weighted by Crippen LogP contribution is 2.41. The third-order valence-electron chi connectivity index (χ3n) is 5.69. The Morgan fingerprint density at radius 3 is 2.88 bits per heavy atom. The van der Waals surface area contributed by atoms with Crippen molar-refractivity contribution in [1.29, 1.82) is 0 Å². The number of rotatable bonds is 10. The molecule has 0 radical (unpaired) electrons. The number of nitrogens with zero attached hydrogens (tertiary/aromatic N) is 5. The molecular weight excluding hydrogens is 579 g/mol. The molecule has 0 bridgehead atoms. The summed E-state index contributed by atoms with van der Waals surface area (Å²) in [5.74, 6) is 0.428. The summed E-state index contributed by atoms with van der Waals surface area (Å²) in [7, 11) is 0. The van der Waals surface area contributed by atoms with Gasteiger partial charge in [0.2, 0.25) is 0 Å². The van der Waals surface area contributed by atoms with Crippen molar-refractivity contribution >= 4 is 68.7 Å². The number of amides is 2. The first-order valence-electron chi connectivity index (χ1n) is 11.5. The van der Waals surface area contributed by atoms with Gasteiger partial charge in [-0.2, -0.15) is 0 Å². The lowest BCUT2D eigenvalue weighted by Crippen LogP contribution is -2.71. The van der Waals surface area contributed by atoms with E-state index in [4.69, 9.17) is 28.5 Å². The van der Waals surface area contributed by atoms with Crippen molar-refractivity contribution in [3.63, 3.8) is 0 Å². The molecule has 4 rings (SSSR count). The zero-order chi connectivity index (χ0) is 29.0. The molecule has 2 amide bonds. The van der Waals surface area contributed by atoms with Gasteiger partial charge >= 0.3 is 5.97 Å². The molecule has 1 aromatic rings. The number of anilines is 1. The number of carbonyl (C=O) groups is 3. The second-order valence-corrected chi connectivity index (χ2v) is 11.3.